The van der Waals surface area contributed by atoms with Crippen molar-refractivity contribution in [2.45, 2.75) is 13.8 Å². The van der Waals surface area contributed by atoms with Gasteiger partial charge < -0.3 is 15.4 Å². The molecule has 0 spiro atoms. The maximum absolute atomic E-state index is 12.9. The summed E-state index contributed by atoms with van der Waals surface area (Å²) in [5.74, 6) is 0.737. The normalized spacial score (nSPS) is 10.5. The summed E-state index contributed by atoms with van der Waals surface area (Å²) in [7, 11) is 0. The van der Waals surface area contributed by atoms with Crippen molar-refractivity contribution in [2.75, 3.05) is 10.6 Å². The molecule has 4 rings (SSSR count). The molecule has 6 nitrogen and oxygen atoms in total. The number of rotatable bonds is 6. The summed E-state index contributed by atoms with van der Waals surface area (Å²) in [4.78, 5) is 29.9. The number of ether oxygens (including phenoxy) is 1. The summed E-state index contributed by atoms with van der Waals surface area (Å²) in [6.07, 6.45) is 3.31. The Hall–Kier alpha value is -3.68. The number of carbonyl (C=O) groups is 2. The summed E-state index contributed by atoms with van der Waals surface area (Å²) < 4.78 is 5.84. The van der Waals surface area contributed by atoms with Crippen molar-refractivity contribution in [1.82, 2.24) is 4.98 Å². The predicted molar refractivity (Wildman–Crippen MR) is 132 cm³/mol. The Morgan fingerprint density at radius 2 is 1.76 bits per heavy atom. The van der Waals surface area contributed by atoms with E-state index >= 15 is 0 Å². The zero-order valence-corrected chi connectivity index (χ0v) is 19.5. The van der Waals surface area contributed by atoms with Gasteiger partial charge in [0.25, 0.3) is 11.8 Å². The van der Waals surface area contributed by atoms with E-state index in [1.165, 1.54) is 11.3 Å². The molecule has 0 saturated carbocycles. The Morgan fingerprint density at radius 1 is 0.939 bits per heavy atom. The van der Waals surface area contributed by atoms with Crippen LogP contribution in [-0.2, 0) is 0 Å². The van der Waals surface area contributed by atoms with Crippen LogP contribution >= 0.6 is 22.9 Å². The molecule has 2 aromatic carbocycles. The highest BCUT2D eigenvalue weighted by Gasteiger charge is 2.17. The van der Waals surface area contributed by atoms with Crippen molar-refractivity contribution in [1.29, 1.82) is 0 Å². The maximum atomic E-state index is 12.9. The molecule has 0 radical (unpaired) electrons. The van der Waals surface area contributed by atoms with Gasteiger partial charge in [0.1, 0.15) is 11.5 Å². The average Bonchev–Trinajstić information content (AvgIpc) is 3.16. The molecule has 0 atom stereocenters. The molecule has 4 aromatic rings. The number of amides is 2. The van der Waals surface area contributed by atoms with E-state index in [0.717, 1.165) is 11.1 Å². The minimum Gasteiger partial charge on any atom is -0.455 e. The highest BCUT2D eigenvalue weighted by Crippen LogP contribution is 2.30. The molecule has 0 unspecified atom stereocenters. The number of hydrogen-bond donors (Lipinski definition) is 2. The molecule has 0 aliphatic rings. The Labute approximate surface area is 200 Å². The molecule has 166 valence electrons. The van der Waals surface area contributed by atoms with Gasteiger partial charge in [0.05, 0.1) is 26.7 Å². The average molecular weight is 478 g/mol. The fourth-order valence-corrected chi connectivity index (χ4v) is 4.34. The third-order valence-electron chi connectivity index (χ3n) is 4.77. The van der Waals surface area contributed by atoms with Gasteiger partial charge in [-0.1, -0.05) is 23.7 Å². The van der Waals surface area contributed by atoms with E-state index in [9.17, 15) is 9.59 Å². The third-order valence-corrected chi connectivity index (χ3v) is 6.26. The largest absolute Gasteiger partial charge is 0.455 e. The topological polar surface area (TPSA) is 80.3 Å². The zero-order valence-electron chi connectivity index (χ0n) is 17.9. The molecule has 0 aliphatic heterocycles. The monoisotopic (exact) mass is 477 g/mol. The second-order valence-electron chi connectivity index (χ2n) is 7.28. The van der Waals surface area contributed by atoms with Gasteiger partial charge in [0.2, 0.25) is 0 Å². The standard InChI is InChI=1S/C25H20ClN3O3S/c1-15-12-17(9-10-21(15)32-18-6-5-11-27-14-18)28-25(31)23-16(2)13-22(33-23)29-24(30)19-7-3-4-8-20(19)26/h3-14H,1-2H3,(H,28,31)(H,29,30). The number of carbonyl (C=O) groups excluding carboxylic acids is 2. The Bertz CT molecular complexity index is 1320. The minimum atomic E-state index is -0.325. The molecule has 33 heavy (non-hydrogen) atoms. The Kier molecular flexibility index (Phi) is 6.72. The molecule has 0 fully saturated rings. The molecule has 0 bridgehead atoms. The number of aryl methyl sites for hydroxylation is 2. The lowest BCUT2D eigenvalue weighted by molar-refractivity contribution is 0.102. The van der Waals surface area contributed by atoms with Gasteiger partial charge in [-0.3, -0.25) is 14.6 Å². The lowest BCUT2D eigenvalue weighted by Gasteiger charge is -2.11. The van der Waals surface area contributed by atoms with Crippen molar-refractivity contribution >= 4 is 45.4 Å². The highest BCUT2D eigenvalue weighted by molar-refractivity contribution is 7.18. The number of anilines is 2. The number of halogens is 1. The first-order valence-electron chi connectivity index (χ1n) is 10.1. The van der Waals surface area contributed by atoms with E-state index in [1.54, 1.807) is 60.9 Å². The zero-order chi connectivity index (χ0) is 23.4. The lowest BCUT2D eigenvalue weighted by Crippen LogP contribution is -2.12. The van der Waals surface area contributed by atoms with Gasteiger partial charge in [-0.15, -0.1) is 11.3 Å². The Balaban J connectivity index is 1.44. The van der Waals surface area contributed by atoms with E-state index in [4.69, 9.17) is 16.3 Å². The molecule has 0 aliphatic carbocycles. The van der Waals surface area contributed by atoms with Gasteiger partial charge in [-0.2, -0.15) is 0 Å². The van der Waals surface area contributed by atoms with Gasteiger partial charge in [0, 0.05) is 11.9 Å². The quantitative estimate of drug-likeness (QED) is 0.323. The van der Waals surface area contributed by atoms with Crippen LogP contribution in [-0.4, -0.2) is 16.8 Å². The van der Waals surface area contributed by atoms with Crippen molar-refractivity contribution in [2.24, 2.45) is 0 Å². The van der Waals surface area contributed by atoms with E-state index < -0.39 is 0 Å². The van der Waals surface area contributed by atoms with Crippen LogP contribution < -0.4 is 15.4 Å². The fraction of sp³-hybridized carbons (Fsp3) is 0.0800. The molecule has 2 amide bonds. The van der Waals surface area contributed by atoms with Crippen LogP contribution in [0.25, 0.3) is 0 Å². The van der Waals surface area contributed by atoms with Crippen molar-refractivity contribution < 1.29 is 14.3 Å². The van der Waals surface area contributed by atoms with Crippen LogP contribution in [0.3, 0.4) is 0 Å². The van der Waals surface area contributed by atoms with Crippen LogP contribution in [0, 0.1) is 13.8 Å². The van der Waals surface area contributed by atoms with Crippen molar-refractivity contribution in [3.05, 3.63) is 99.6 Å². The number of nitrogens with one attached hydrogen (secondary N) is 2. The lowest BCUT2D eigenvalue weighted by atomic mass is 10.2. The molecule has 2 N–H and O–H groups in total. The first kappa shape index (κ1) is 22.5. The molecule has 0 saturated heterocycles. The molecule has 2 aromatic heterocycles. The van der Waals surface area contributed by atoms with Gasteiger partial charge in [-0.25, -0.2) is 0 Å². The summed E-state index contributed by atoms with van der Waals surface area (Å²) in [5, 5.41) is 6.66. The summed E-state index contributed by atoms with van der Waals surface area (Å²) in [5.41, 5.74) is 2.65. The molecule has 8 heteroatoms. The van der Waals surface area contributed by atoms with Crippen LogP contribution in [0.4, 0.5) is 10.7 Å². The van der Waals surface area contributed by atoms with E-state index in [2.05, 4.69) is 15.6 Å². The second-order valence-corrected chi connectivity index (χ2v) is 8.74. The van der Waals surface area contributed by atoms with Gasteiger partial charge in [0.15, 0.2) is 0 Å². The molecular formula is C25H20ClN3O3S. The number of aromatic nitrogens is 1. The second kappa shape index (κ2) is 9.85. The van der Waals surface area contributed by atoms with E-state index in [1.807, 2.05) is 26.0 Å². The predicted octanol–water partition coefficient (Wildman–Crippen LogP) is 6.71. The number of hydrogen-bond acceptors (Lipinski definition) is 5. The summed E-state index contributed by atoms with van der Waals surface area (Å²) in [6.45, 7) is 3.73. The van der Waals surface area contributed by atoms with Crippen molar-refractivity contribution in [3.8, 4) is 11.5 Å². The van der Waals surface area contributed by atoms with Crippen molar-refractivity contribution in [3.63, 3.8) is 0 Å². The molecule has 2 heterocycles. The molecular weight excluding hydrogens is 458 g/mol. The van der Waals surface area contributed by atoms with E-state index in [-0.39, 0.29) is 11.8 Å². The number of benzene rings is 2. The Morgan fingerprint density at radius 3 is 2.48 bits per heavy atom. The number of thiophene rings is 1. The van der Waals surface area contributed by atoms with Crippen LogP contribution in [0.2, 0.25) is 5.02 Å². The van der Waals surface area contributed by atoms with Crippen LogP contribution in [0.5, 0.6) is 11.5 Å². The maximum Gasteiger partial charge on any atom is 0.266 e. The highest BCUT2D eigenvalue weighted by atomic mass is 35.5. The summed E-state index contributed by atoms with van der Waals surface area (Å²) >= 11 is 7.30. The number of nitrogens with zero attached hydrogens (tertiary/aromatic N) is 1. The first-order chi connectivity index (χ1) is 15.9. The number of pyridine rings is 1. The van der Waals surface area contributed by atoms with E-state index in [0.29, 0.717) is 37.7 Å². The third kappa shape index (κ3) is 5.39. The fourth-order valence-electron chi connectivity index (χ4n) is 3.16. The van der Waals surface area contributed by atoms with Gasteiger partial charge in [-0.05, 0) is 73.5 Å². The van der Waals surface area contributed by atoms with Gasteiger partial charge >= 0.3 is 0 Å². The summed E-state index contributed by atoms with van der Waals surface area (Å²) in [6, 6.07) is 17.6. The minimum absolute atomic E-state index is 0.254. The first-order valence-corrected chi connectivity index (χ1v) is 11.3. The smallest absolute Gasteiger partial charge is 0.266 e. The van der Waals surface area contributed by atoms with Crippen LogP contribution in [0.1, 0.15) is 31.2 Å². The van der Waals surface area contributed by atoms with Crippen LogP contribution in [0.15, 0.2) is 73.1 Å². The SMILES string of the molecule is Cc1cc(NC(=O)c2sc(NC(=O)c3ccccc3Cl)cc2C)ccc1Oc1cccnc1.